The minimum atomic E-state index is -0.407. The standard InChI is InChI=1S/C31H34ClN9O4/c1-18-21(4-3-5-23(18)40-30(44)25-17-36-20(14-37-25)13-33-10-11-42)29-28(32)22(8-9-35-29)24-16-38-26(31(41-24)45-2)15-34-12-19-6-7-27(43)39-19/h3-5,8-9,14,16-17,19,33-34,42H,6-7,10-13,15H2,1-2H3,(H,39,43)(H,40,44). The summed E-state index contributed by atoms with van der Waals surface area (Å²) >= 11 is 6.92. The molecule has 13 nitrogen and oxygen atoms in total. The van der Waals surface area contributed by atoms with Gasteiger partial charge < -0.3 is 31.1 Å². The number of rotatable bonds is 13. The molecule has 5 rings (SSSR count). The summed E-state index contributed by atoms with van der Waals surface area (Å²) in [5, 5.41) is 21.4. The van der Waals surface area contributed by atoms with Gasteiger partial charge in [-0.2, -0.15) is 0 Å². The number of anilines is 1. The van der Waals surface area contributed by atoms with E-state index < -0.39 is 5.91 Å². The number of nitrogens with one attached hydrogen (secondary N) is 4. The van der Waals surface area contributed by atoms with Crippen molar-refractivity contribution in [3.8, 4) is 28.4 Å². The van der Waals surface area contributed by atoms with Crippen molar-refractivity contribution in [2.24, 2.45) is 0 Å². The average molecular weight is 632 g/mol. The van der Waals surface area contributed by atoms with Crippen LogP contribution in [0, 0.1) is 6.92 Å². The van der Waals surface area contributed by atoms with Gasteiger partial charge in [-0.3, -0.25) is 24.5 Å². The normalized spacial score (nSPS) is 14.3. The first-order chi connectivity index (χ1) is 21.9. The van der Waals surface area contributed by atoms with Crippen LogP contribution in [0.25, 0.3) is 22.5 Å². The fraction of sp³-hybridized carbons (Fsp3) is 0.323. The number of nitrogens with zero attached hydrogens (tertiary/aromatic N) is 5. The van der Waals surface area contributed by atoms with Gasteiger partial charge in [-0.15, -0.1) is 0 Å². The first-order valence-corrected chi connectivity index (χ1v) is 14.8. The van der Waals surface area contributed by atoms with Crippen LogP contribution in [-0.4, -0.2) is 74.7 Å². The second-order valence-corrected chi connectivity index (χ2v) is 10.8. The number of aliphatic hydroxyl groups excluding tert-OH is 1. The first-order valence-electron chi connectivity index (χ1n) is 14.5. The minimum Gasteiger partial charge on any atom is -0.480 e. The fourth-order valence-electron chi connectivity index (χ4n) is 4.91. The van der Waals surface area contributed by atoms with Crippen LogP contribution < -0.4 is 26.0 Å². The van der Waals surface area contributed by atoms with Crippen LogP contribution in [0.5, 0.6) is 5.88 Å². The number of halogens is 1. The molecule has 0 spiro atoms. The molecule has 45 heavy (non-hydrogen) atoms. The summed E-state index contributed by atoms with van der Waals surface area (Å²) in [5.74, 6) is 0.0307. The molecule has 1 aromatic carbocycles. The molecule has 1 aliphatic rings. The maximum absolute atomic E-state index is 13.0. The molecule has 0 radical (unpaired) electrons. The van der Waals surface area contributed by atoms with Crippen LogP contribution in [0.4, 0.5) is 5.69 Å². The highest BCUT2D eigenvalue weighted by atomic mass is 35.5. The third-order valence-corrected chi connectivity index (χ3v) is 7.69. The summed E-state index contributed by atoms with van der Waals surface area (Å²) in [6.07, 6.45) is 7.58. The van der Waals surface area contributed by atoms with Gasteiger partial charge in [0, 0.05) is 61.7 Å². The first kappa shape index (κ1) is 31.9. The van der Waals surface area contributed by atoms with Gasteiger partial charge in [-0.05, 0) is 31.0 Å². The topological polar surface area (TPSA) is 176 Å². The van der Waals surface area contributed by atoms with E-state index in [1.165, 1.54) is 19.5 Å². The molecule has 1 atom stereocenters. The number of carbonyl (C=O) groups is 2. The van der Waals surface area contributed by atoms with E-state index >= 15 is 0 Å². The Morgan fingerprint density at radius 3 is 2.69 bits per heavy atom. The van der Waals surface area contributed by atoms with Crippen molar-refractivity contribution in [3.05, 3.63) is 76.7 Å². The highest BCUT2D eigenvalue weighted by molar-refractivity contribution is 6.35. The lowest BCUT2D eigenvalue weighted by Gasteiger charge is -2.15. The summed E-state index contributed by atoms with van der Waals surface area (Å²) in [6, 6.07) is 7.35. The number of amides is 2. The quantitative estimate of drug-likeness (QED) is 0.137. The van der Waals surface area contributed by atoms with Gasteiger partial charge in [0.25, 0.3) is 5.91 Å². The molecule has 5 N–H and O–H groups in total. The Morgan fingerprint density at radius 1 is 1.09 bits per heavy atom. The summed E-state index contributed by atoms with van der Waals surface area (Å²) in [4.78, 5) is 46.7. The molecule has 3 aromatic heterocycles. The van der Waals surface area contributed by atoms with Crippen LogP contribution in [0.3, 0.4) is 0 Å². The van der Waals surface area contributed by atoms with E-state index in [4.69, 9.17) is 21.4 Å². The molecular weight excluding hydrogens is 598 g/mol. The Morgan fingerprint density at radius 2 is 1.96 bits per heavy atom. The summed E-state index contributed by atoms with van der Waals surface area (Å²) < 4.78 is 5.53. The van der Waals surface area contributed by atoms with Crippen LogP contribution in [0.1, 0.15) is 40.3 Å². The van der Waals surface area contributed by atoms with Gasteiger partial charge >= 0.3 is 0 Å². The number of aliphatic hydroxyl groups is 1. The predicted molar refractivity (Wildman–Crippen MR) is 169 cm³/mol. The van der Waals surface area contributed by atoms with E-state index in [0.717, 1.165) is 17.5 Å². The molecule has 1 unspecified atom stereocenters. The van der Waals surface area contributed by atoms with Crippen molar-refractivity contribution in [1.82, 2.24) is 40.9 Å². The third kappa shape index (κ3) is 7.75. The van der Waals surface area contributed by atoms with Crippen molar-refractivity contribution in [2.45, 2.75) is 38.9 Å². The van der Waals surface area contributed by atoms with Crippen molar-refractivity contribution < 1.29 is 19.4 Å². The smallest absolute Gasteiger partial charge is 0.275 e. The zero-order valence-corrected chi connectivity index (χ0v) is 25.7. The van der Waals surface area contributed by atoms with Crippen LogP contribution in [-0.2, 0) is 17.9 Å². The lowest BCUT2D eigenvalue weighted by Crippen LogP contribution is -2.35. The van der Waals surface area contributed by atoms with E-state index in [-0.39, 0.29) is 24.2 Å². The van der Waals surface area contributed by atoms with Gasteiger partial charge in [-0.1, -0.05) is 23.7 Å². The molecule has 4 aromatic rings. The highest BCUT2D eigenvalue weighted by Gasteiger charge is 2.21. The second-order valence-electron chi connectivity index (χ2n) is 10.4. The Balaban J connectivity index is 1.32. The minimum absolute atomic E-state index is 0.0239. The van der Waals surface area contributed by atoms with Gasteiger partial charge in [0.2, 0.25) is 11.8 Å². The van der Waals surface area contributed by atoms with E-state index in [0.29, 0.717) is 77.5 Å². The molecule has 0 saturated carbocycles. The number of aromatic nitrogens is 5. The summed E-state index contributed by atoms with van der Waals surface area (Å²) in [7, 11) is 1.54. The maximum Gasteiger partial charge on any atom is 0.275 e. The molecule has 1 fully saturated rings. The number of pyridine rings is 1. The zero-order chi connectivity index (χ0) is 31.8. The Labute approximate surface area is 265 Å². The predicted octanol–water partition coefficient (Wildman–Crippen LogP) is 2.67. The van der Waals surface area contributed by atoms with Gasteiger partial charge in [-0.25, -0.2) is 9.97 Å². The molecule has 1 aliphatic heterocycles. The molecule has 0 aliphatic carbocycles. The molecule has 4 heterocycles. The zero-order valence-electron chi connectivity index (χ0n) is 24.9. The monoisotopic (exact) mass is 631 g/mol. The SMILES string of the molecule is COc1nc(-c2ccnc(-c3cccc(NC(=O)c4cnc(CNCCO)cn4)c3C)c2Cl)cnc1CNCC1CCC(=O)N1. The van der Waals surface area contributed by atoms with E-state index in [2.05, 4.69) is 46.2 Å². The van der Waals surface area contributed by atoms with Gasteiger partial charge in [0.1, 0.15) is 11.4 Å². The maximum atomic E-state index is 13.0. The van der Waals surface area contributed by atoms with E-state index in [1.54, 1.807) is 24.5 Å². The molecule has 0 bridgehead atoms. The molecule has 14 heteroatoms. The lowest BCUT2D eigenvalue weighted by atomic mass is 10.0. The number of hydrogen-bond acceptors (Lipinski definition) is 11. The number of hydrogen-bond donors (Lipinski definition) is 5. The fourth-order valence-corrected chi connectivity index (χ4v) is 5.22. The Bertz CT molecular complexity index is 1670. The van der Waals surface area contributed by atoms with E-state index in [1.807, 2.05) is 19.1 Å². The number of benzene rings is 1. The highest BCUT2D eigenvalue weighted by Crippen LogP contribution is 2.37. The molecule has 234 valence electrons. The van der Waals surface area contributed by atoms with E-state index in [9.17, 15) is 9.59 Å². The summed E-state index contributed by atoms with van der Waals surface area (Å²) in [6.45, 7) is 3.82. The second kappa shape index (κ2) is 14.9. The molecule has 2 amide bonds. The van der Waals surface area contributed by atoms with Crippen molar-refractivity contribution in [2.75, 3.05) is 32.1 Å². The Hall–Kier alpha value is -4.56. The van der Waals surface area contributed by atoms with Gasteiger partial charge in [0.05, 0.1) is 54.4 Å². The largest absolute Gasteiger partial charge is 0.480 e. The number of ether oxygens (including phenoxy) is 1. The molecule has 1 saturated heterocycles. The van der Waals surface area contributed by atoms with Crippen LogP contribution in [0.2, 0.25) is 5.02 Å². The van der Waals surface area contributed by atoms with Crippen molar-refractivity contribution in [1.29, 1.82) is 0 Å². The number of carbonyl (C=O) groups excluding carboxylic acids is 2. The molecular formula is C31H34ClN9O4. The lowest BCUT2D eigenvalue weighted by molar-refractivity contribution is -0.119. The van der Waals surface area contributed by atoms with Crippen molar-refractivity contribution in [3.63, 3.8) is 0 Å². The van der Waals surface area contributed by atoms with Crippen LogP contribution >= 0.6 is 11.6 Å². The third-order valence-electron chi connectivity index (χ3n) is 7.31. The average Bonchev–Trinajstić information content (AvgIpc) is 3.47. The number of methoxy groups -OCH3 is 1. The Kier molecular flexibility index (Phi) is 10.6. The van der Waals surface area contributed by atoms with Gasteiger partial charge in [0.15, 0.2) is 0 Å². The van der Waals surface area contributed by atoms with Crippen molar-refractivity contribution >= 4 is 29.1 Å². The van der Waals surface area contributed by atoms with Crippen LogP contribution in [0.15, 0.2) is 49.1 Å². The summed E-state index contributed by atoms with van der Waals surface area (Å²) in [5.41, 5.74) is 5.19.